The molecule has 1 saturated heterocycles. The van der Waals surface area contributed by atoms with Crippen LogP contribution in [0.2, 0.25) is 0 Å². The third-order valence-electron chi connectivity index (χ3n) is 4.83. The van der Waals surface area contributed by atoms with Crippen LogP contribution in [-0.2, 0) is 6.42 Å². The standard InChI is InChI=1S/C21H20FN3O3/c1-27-19-8-7-15(12-23-19)21(26)25-9-3-6-18(25)20-24-13-17(28-20)11-14-4-2-5-16(22)10-14/h2,4-5,7-8,10,12-13,18H,3,6,9,11H2,1H3. The molecular formula is C21H20FN3O3. The third-order valence-corrected chi connectivity index (χ3v) is 4.83. The van der Waals surface area contributed by atoms with Crippen LogP contribution < -0.4 is 4.74 Å². The van der Waals surface area contributed by atoms with Crippen molar-refractivity contribution in [2.24, 2.45) is 0 Å². The van der Waals surface area contributed by atoms with Crippen molar-refractivity contribution in [2.75, 3.05) is 13.7 Å². The van der Waals surface area contributed by atoms with Crippen LogP contribution in [0, 0.1) is 5.82 Å². The Hall–Kier alpha value is -3.22. The molecule has 28 heavy (non-hydrogen) atoms. The van der Waals surface area contributed by atoms with E-state index in [2.05, 4.69) is 9.97 Å². The van der Waals surface area contributed by atoms with Crippen molar-refractivity contribution in [1.82, 2.24) is 14.9 Å². The monoisotopic (exact) mass is 381 g/mol. The van der Waals surface area contributed by atoms with Gasteiger partial charge in [-0.25, -0.2) is 14.4 Å². The number of hydrogen-bond donors (Lipinski definition) is 0. The number of methoxy groups -OCH3 is 1. The predicted octanol–water partition coefficient (Wildman–Crippen LogP) is 3.79. The van der Waals surface area contributed by atoms with Crippen molar-refractivity contribution in [2.45, 2.75) is 25.3 Å². The average Bonchev–Trinajstić information content (AvgIpc) is 3.37. The molecule has 1 unspecified atom stereocenters. The van der Waals surface area contributed by atoms with Crippen molar-refractivity contribution >= 4 is 5.91 Å². The van der Waals surface area contributed by atoms with Crippen molar-refractivity contribution in [1.29, 1.82) is 0 Å². The van der Waals surface area contributed by atoms with Crippen molar-refractivity contribution in [3.05, 3.63) is 77.4 Å². The molecule has 0 spiro atoms. The highest BCUT2D eigenvalue weighted by Crippen LogP contribution is 2.33. The molecule has 3 heterocycles. The molecule has 144 valence electrons. The fourth-order valence-corrected chi connectivity index (χ4v) is 3.47. The lowest BCUT2D eigenvalue weighted by Crippen LogP contribution is -2.30. The second-order valence-electron chi connectivity index (χ2n) is 6.72. The van der Waals surface area contributed by atoms with Gasteiger partial charge in [0.2, 0.25) is 11.8 Å². The Labute approximate surface area is 162 Å². The zero-order chi connectivity index (χ0) is 19.5. The first-order valence-corrected chi connectivity index (χ1v) is 9.14. The molecule has 2 aromatic heterocycles. The molecule has 1 aliphatic rings. The van der Waals surface area contributed by atoms with Gasteiger partial charge in [-0.05, 0) is 36.6 Å². The summed E-state index contributed by atoms with van der Waals surface area (Å²) >= 11 is 0. The fraction of sp³-hybridized carbons (Fsp3) is 0.286. The van der Waals surface area contributed by atoms with E-state index in [1.165, 1.54) is 25.4 Å². The molecule has 0 N–H and O–H groups in total. The maximum Gasteiger partial charge on any atom is 0.256 e. The van der Waals surface area contributed by atoms with Gasteiger partial charge in [0, 0.05) is 25.2 Å². The zero-order valence-corrected chi connectivity index (χ0v) is 15.5. The van der Waals surface area contributed by atoms with E-state index in [9.17, 15) is 9.18 Å². The van der Waals surface area contributed by atoms with Gasteiger partial charge in [0.25, 0.3) is 5.91 Å². The number of benzene rings is 1. The van der Waals surface area contributed by atoms with Crippen LogP contribution in [0.15, 0.2) is 53.2 Å². The molecule has 6 nitrogen and oxygen atoms in total. The normalized spacial score (nSPS) is 16.4. The maximum atomic E-state index is 13.4. The van der Waals surface area contributed by atoms with Gasteiger partial charge in [-0.15, -0.1) is 0 Å². The van der Waals surface area contributed by atoms with Crippen molar-refractivity contribution in [3.8, 4) is 5.88 Å². The van der Waals surface area contributed by atoms with Crippen LogP contribution in [0.4, 0.5) is 4.39 Å². The number of carbonyl (C=O) groups is 1. The van der Waals surface area contributed by atoms with Gasteiger partial charge in [0.15, 0.2) is 0 Å². The summed E-state index contributed by atoms with van der Waals surface area (Å²) in [5.41, 5.74) is 1.31. The number of rotatable bonds is 5. The second kappa shape index (κ2) is 7.80. The number of oxazole rings is 1. The molecule has 7 heteroatoms. The SMILES string of the molecule is COc1ccc(C(=O)N2CCCC2c2ncc(Cc3cccc(F)c3)o2)cn1. The number of ether oxygens (including phenoxy) is 1. The minimum Gasteiger partial charge on any atom is -0.481 e. The number of likely N-dealkylation sites (tertiary alicyclic amines) is 1. The van der Waals surface area contributed by atoms with E-state index >= 15 is 0 Å². The zero-order valence-electron chi connectivity index (χ0n) is 15.5. The molecule has 1 aromatic carbocycles. The molecule has 3 aromatic rings. The predicted molar refractivity (Wildman–Crippen MR) is 99.5 cm³/mol. The van der Waals surface area contributed by atoms with E-state index in [1.807, 2.05) is 6.07 Å². The van der Waals surface area contributed by atoms with E-state index in [-0.39, 0.29) is 17.8 Å². The first-order chi connectivity index (χ1) is 13.6. The minimum absolute atomic E-state index is 0.109. The van der Waals surface area contributed by atoms with Gasteiger partial charge < -0.3 is 14.1 Å². The molecule has 1 aliphatic heterocycles. The lowest BCUT2D eigenvalue weighted by Gasteiger charge is -2.22. The number of carbonyl (C=O) groups excluding carboxylic acids is 1. The van der Waals surface area contributed by atoms with Crippen LogP contribution in [-0.4, -0.2) is 34.4 Å². The summed E-state index contributed by atoms with van der Waals surface area (Å²) in [5.74, 6) is 1.23. The van der Waals surface area contributed by atoms with E-state index in [4.69, 9.17) is 9.15 Å². The van der Waals surface area contributed by atoms with E-state index in [0.29, 0.717) is 36.1 Å². The summed E-state index contributed by atoms with van der Waals surface area (Å²) in [5, 5.41) is 0. The number of hydrogen-bond acceptors (Lipinski definition) is 5. The van der Waals surface area contributed by atoms with Gasteiger partial charge in [-0.2, -0.15) is 0 Å². The number of aromatic nitrogens is 2. The lowest BCUT2D eigenvalue weighted by molar-refractivity contribution is 0.0714. The molecular weight excluding hydrogens is 361 g/mol. The fourth-order valence-electron chi connectivity index (χ4n) is 3.47. The number of pyridine rings is 1. The van der Waals surface area contributed by atoms with Gasteiger partial charge in [-0.1, -0.05) is 12.1 Å². The van der Waals surface area contributed by atoms with Gasteiger partial charge in [0.05, 0.1) is 18.9 Å². The van der Waals surface area contributed by atoms with E-state index in [1.54, 1.807) is 29.3 Å². The van der Waals surface area contributed by atoms with Crippen LogP contribution >= 0.6 is 0 Å². The van der Waals surface area contributed by atoms with Crippen molar-refractivity contribution < 1.29 is 18.3 Å². The highest BCUT2D eigenvalue weighted by atomic mass is 19.1. The highest BCUT2D eigenvalue weighted by Gasteiger charge is 2.34. The summed E-state index contributed by atoms with van der Waals surface area (Å²) in [6, 6.07) is 9.55. The number of halogens is 1. The summed E-state index contributed by atoms with van der Waals surface area (Å²) in [7, 11) is 1.53. The van der Waals surface area contributed by atoms with Crippen LogP contribution in [0.5, 0.6) is 5.88 Å². The molecule has 1 atom stereocenters. The molecule has 0 radical (unpaired) electrons. The van der Waals surface area contributed by atoms with E-state index in [0.717, 1.165) is 18.4 Å². The number of amides is 1. The topological polar surface area (TPSA) is 68.5 Å². The Morgan fingerprint density at radius 1 is 1.29 bits per heavy atom. The minimum atomic E-state index is -0.280. The smallest absolute Gasteiger partial charge is 0.256 e. The quantitative estimate of drug-likeness (QED) is 0.673. The second-order valence-corrected chi connectivity index (χ2v) is 6.72. The third kappa shape index (κ3) is 3.74. The first kappa shape index (κ1) is 18.2. The highest BCUT2D eigenvalue weighted by molar-refractivity contribution is 5.94. The average molecular weight is 381 g/mol. The Morgan fingerprint density at radius 3 is 2.93 bits per heavy atom. The number of nitrogens with zero attached hydrogens (tertiary/aromatic N) is 3. The summed E-state index contributed by atoms with van der Waals surface area (Å²) < 4.78 is 24.3. The van der Waals surface area contributed by atoms with Crippen LogP contribution in [0.25, 0.3) is 0 Å². The Morgan fingerprint density at radius 2 is 2.18 bits per heavy atom. The summed E-state index contributed by atoms with van der Waals surface area (Å²) in [4.78, 5) is 23.2. The molecule has 1 amide bonds. The van der Waals surface area contributed by atoms with Gasteiger partial charge in [0.1, 0.15) is 17.6 Å². The maximum absolute atomic E-state index is 13.4. The van der Waals surface area contributed by atoms with Crippen LogP contribution in [0.3, 0.4) is 0 Å². The van der Waals surface area contributed by atoms with Gasteiger partial charge in [-0.3, -0.25) is 4.79 Å². The lowest BCUT2D eigenvalue weighted by atomic mass is 10.1. The molecule has 0 saturated carbocycles. The molecule has 1 fully saturated rings. The van der Waals surface area contributed by atoms with E-state index < -0.39 is 0 Å². The Kier molecular flexibility index (Phi) is 5.06. The largest absolute Gasteiger partial charge is 0.481 e. The summed E-state index contributed by atoms with van der Waals surface area (Å²) in [6.07, 6.45) is 5.28. The van der Waals surface area contributed by atoms with Crippen LogP contribution in [0.1, 0.15) is 46.5 Å². The molecule has 4 rings (SSSR count). The Bertz CT molecular complexity index is 971. The first-order valence-electron chi connectivity index (χ1n) is 9.14. The molecule has 0 aliphatic carbocycles. The Balaban J connectivity index is 1.50. The van der Waals surface area contributed by atoms with Gasteiger partial charge >= 0.3 is 0 Å². The molecule has 0 bridgehead atoms. The summed E-state index contributed by atoms with van der Waals surface area (Å²) in [6.45, 7) is 0.636. The van der Waals surface area contributed by atoms with Crippen molar-refractivity contribution in [3.63, 3.8) is 0 Å².